The predicted molar refractivity (Wildman–Crippen MR) is 111 cm³/mol. The molecule has 1 aliphatic rings. The number of rotatable bonds is 5. The van der Waals surface area contributed by atoms with Crippen molar-refractivity contribution in [2.24, 2.45) is 0 Å². The Morgan fingerprint density at radius 1 is 1.11 bits per heavy atom. The van der Waals surface area contributed by atoms with Crippen LogP contribution in [0.15, 0.2) is 30.3 Å². The van der Waals surface area contributed by atoms with Crippen molar-refractivity contribution in [1.29, 1.82) is 0 Å². The molecule has 2 heterocycles. The maximum absolute atomic E-state index is 12.5. The van der Waals surface area contributed by atoms with E-state index in [0.717, 1.165) is 37.3 Å². The maximum atomic E-state index is 12.5. The third-order valence-electron chi connectivity index (χ3n) is 4.40. The highest BCUT2D eigenvalue weighted by molar-refractivity contribution is 7.18. The van der Waals surface area contributed by atoms with Crippen LogP contribution in [0.1, 0.15) is 39.8 Å². The first kappa shape index (κ1) is 20.6. The lowest BCUT2D eigenvalue weighted by atomic mass is 10.1. The third-order valence-corrected chi connectivity index (χ3v) is 5.94. The van der Waals surface area contributed by atoms with Crippen LogP contribution in [0.4, 0.5) is 5.69 Å². The molecule has 2 N–H and O–H groups in total. The molecular formula is C19H19Cl2N3O3S. The Morgan fingerprint density at radius 3 is 2.43 bits per heavy atom. The number of carbonyl (C=O) groups excluding carboxylic acids is 3. The first-order valence-corrected chi connectivity index (χ1v) is 10.4. The molecule has 1 aromatic heterocycles. The second-order valence-electron chi connectivity index (χ2n) is 6.48. The van der Waals surface area contributed by atoms with Gasteiger partial charge in [-0.3, -0.25) is 14.4 Å². The molecule has 1 aliphatic heterocycles. The smallest absolute Gasteiger partial charge is 0.262 e. The number of likely N-dealkylation sites (tertiary alicyclic amines) is 1. The lowest BCUT2D eigenvalue weighted by Crippen LogP contribution is -2.41. The maximum Gasteiger partial charge on any atom is 0.262 e. The van der Waals surface area contributed by atoms with Crippen LogP contribution in [0.5, 0.6) is 0 Å². The topological polar surface area (TPSA) is 78.5 Å². The van der Waals surface area contributed by atoms with E-state index in [-0.39, 0.29) is 16.8 Å². The molecule has 0 spiro atoms. The van der Waals surface area contributed by atoms with Crippen molar-refractivity contribution in [2.45, 2.75) is 25.8 Å². The molecule has 28 heavy (non-hydrogen) atoms. The minimum atomic E-state index is -0.766. The minimum absolute atomic E-state index is 0.101. The van der Waals surface area contributed by atoms with Gasteiger partial charge in [0.25, 0.3) is 11.8 Å². The third kappa shape index (κ3) is 4.84. The summed E-state index contributed by atoms with van der Waals surface area (Å²) in [7, 11) is 0. The summed E-state index contributed by atoms with van der Waals surface area (Å²) in [6, 6.07) is 7.23. The lowest BCUT2D eigenvalue weighted by molar-refractivity contribution is -0.117. The molecule has 3 rings (SSSR count). The molecule has 0 aliphatic carbocycles. The van der Waals surface area contributed by atoms with Gasteiger partial charge in [0, 0.05) is 18.8 Å². The van der Waals surface area contributed by atoms with Gasteiger partial charge in [-0.25, -0.2) is 0 Å². The van der Waals surface area contributed by atoms with Gasteiger partial charge >= 0.3 is 0 Å². The van der Waals surface area contributed by atoms with Crippen LogP contribution in [0.25, 0.3) is 0 Å². The summed E-state index contributed by atoms with van der Waals surface area (Å²) in [5.41, 5.74) is 0.866. The minimum Gasteiger partial charge on any atom is -0.340 e. The Labute approximate surface area is 176 Å². The molecule has 2 aromatic rings. The van der Waals surface area contributed by atoms with Crippen LogP contribution in [0.2, 0.25) is 9.36 Å². The number of benzene rings is 1. The fourth-order valence-electron chi connectivity index (χ4n) is 2.88. The largest absolute Gasteiger partial charge is 0.340 e. The quantitative estimate of drug-likeness (QED) is 0.737. The van der Waals surface area contributed by atoms with Gasteiger partial charge in [-0.2, -0.15) is 0 Å². The van der Waals surface area contributed by atoms with E-state index in [4.69, 9.17) is 23.2 Å². The number of hydrogen-bond acceptors (Lipinski definition) is 4. The molecule has 0 bridgehead atoms. The Hall–Kier alpha value is -2.09. The van der Waals surface area contributed by atoms with Gasteiger partial charge in [0.15, 0.2) is 0 Å². The summed E-state index contributed by atoms with van der Waals surface area (Å²) in [5, 5.41) is 5.59. The second kappa shape index (κ2) is 8.94. The van der Waals surface area contributed by atoms with E-state index in [1.807, 2.05) is 0 Å². The van der Waals surface area contributed by atoms with Crippen LogP contribution in [0, 0.1) is 0 Å². The Kier molecular flexibility index (Phi) is 6.59. The van der Waals surface area contributed by atoms with Crippen molar-refractivity contribution in [1.82, 2.24) is 10.2 Å². The zero-order valence-electron chi connectivity index (χ0n) is 15.1. The highest BCUT2D eigenvalue weighted by Crippen LogP contribution is 2.24. The van der Waals surface area contributed by atoms with Gasteiger partial charge in [-0.1, -0.05) is 23.2 Å². The van der Waals surface area contributed by atoms with Crippen LogP contribution in [0.3, 0.4) is 0 Å². The van der Waals surface area contributed by atoms with E-state index >= 15 is 0 Å². The number of amides is 3. The number of anilines is 1. The molecule has 1 fully saturated rings. The standard InChI is InChI=1S/C19H19Cl2N3O3S/c1-11(22-18(26)15-6-7-16(21)28-15)17(25)23-12-4-5-13(14(20)10-12)19(27)24-8-2-3-9-24/h4-7,10-11H,2-3,8-9H2,1H3,(H,22,26)(H,23,25)/t11-/m1/s1. The van der Waals surface area contributed by atoms with Gasteiger partial charge in [-0.15, -0.1) is 11.3 Å². The normalized spacial score (nSPS) is 14.6. The lowest BCUT2D eigenvalue weighted by Gasteiger charge is -2.17. The summed E-state index contributed by atoms with van der Waals surface area (Å²) in [5.74, 6) is -0.870. The second-order valence-corrected chi connectivity index (χ2v) is 8.60. The number of nitrogens with zero attached hydrogens (tertiary/aromatic N) is 1. The zero-order chi connectivity index (χ0) is 20.3. The van der Waals surface area contributed by atoms with E-state index in [1.165, 1.54) is 6.07 Å². The van der Waals surface area contributed by atoms with Crippen molar-refractivity contribution in [3.63, 3.8) is 0 Å². The Bertz CT molecular complexity index is 910. The molecule has 3 amide bonds. The van der Waals surface area contributed by atoms with Gasteiger partial charge in [0.05, 0.1) is 19.8 Å². The van der Waals surface area contributed by atoms with E-state index in [2.05, 4.69) is 10.6 Å². The van der Waals surface area contributed by atoms with Crippen molar-refractivity contribution >= 4 is 57.9 Å². The highest BCUT2D eigenvalue weighted by Gasteiger charge is 2.22. The molecule has 1 saturated heterocycles. The Morgan fingerprint density at radius 2 is 1.82 bits per heavy atom. The van der Waals surface area contributed by atoms with Crippen LogP contribution < -0.4 is 10.6 Å². The Balaban J connectivity index is 1.61. The van der Waals surface area contributed by atoms with Crippen molar-refractivity contribution in [3.8, 4) is 0 Å². The monoisotopic (exact) mass is 439 g/mol. The fourth-order valence-corrected chi connectivity index (χ4v) is 4.08. The van der Waals surface area contributed by atoms with Crippen molar-refractivity contribution in [2.75, 3.05) is 18.4 Å². The van der Waals surface area contributed by atoms with Gasteiger partial charge in [-0.05, 0) is 50.1 Å². The fraction of sp³-hybridized carbons (Fsp3) is 0.316. The number of carbonyl (C=O) groups is 3. The summed E-state index contributed by atoms with van der Waals surface area (Å²) in [6.45, 7) is 3.05. The number of nitrogens with one attached hydrogen (secondary N) is 2. The first-order chi connectivity index (χ1) is 13.3. The molecule has 1 atom stereocenters. The van der Waals surface area contributed by atoms with Crippen LogP contribution in [-0.2, 0) is 4.79 Å². The zero-order valence-corrected chi connectivity index (χ0v) is 17.5. The van der Waals surface area contributed by atoms with Gasteiger partial charge < -0.3 is 15.5 Å². The van der Waals surface area contributed by atoms with E-state index < -0.39 is 11.9 Å². The van der Waals surface area contributed by atoms with E-state index in [1.54, 1.807) is 36.1 Å². The molecule has 1 aromatic carbocycles. The molecule has 6 nitrogen and oxygen atoms in total. The average molecular weight is 440 g/mol. The highest BCUT2D eigenvalue weighted by atomic mass is 35.5. The summed E-state index contributed by atoms with van der Waals surface area (Å²) >= 11 is 13.2. The van der Waals surface area contributed by atoms with Crippen LogP contribution in [-0.4, -0.2) is 41.8 Å². The van der Waals surface area contributed by atoms with Crippen LogP contribution >= 0.6 is 34.5 Å². The molecule has 148 valence electrons. The number of halogens is 2. The van der Waals surface area contributed by atoms with Crippen molar-refractivity contribution in [3.05, 3.63) is 50.1 Å². The summed E-state index contributed by atoms with van der Waals surface area (Å²) in [4.78, 5) is 39.1. The summed E-state index contributed by atoms with van der Waals surface area (Å²) < 4.78 is 0.500. The molecule has 9 heteroatoms. The summed E-state index contributed by atoms with van der Waals surface area (Å²) in [6.07, 6.45) is 2.00. The van der Waals surface area contributed by atoms with Gasteiger partial charge in [0.1, 0.15) is 6.04 Å². The predicted octanol–water partition coefficient (Wildman–Crippen LogP) is 4.05. The number of hydrogen-bond donors (Lipinski definition) is 2. The average Bonchev–Trinajstić information content (AvgIpc) is 3.33. The van der Waals surface area contributed by atoms with Crippen molar-refractivity contribution < 1.29 is 14.4 Å². The molecule has 0 unspecified atom stereocenters. The SMILES string of the molecule is C[C@@H](NC(=O)c1ccc(Cl)s1)C(=O)Nc1ccc(C(=O)N2CCCC2)c(Cl)c1. The molecule has 0 radical (unpaired) electrons. The molecular weight excluding hydrogens is 421 g/mol. The molecule has 0 saturated carbocycles. The van der Waals surface area contributed by atoms with Gasteiger partial charge in [0.2, 0.25) is 5.91 Å². The first-order valence-electron chi connectivity index (χ1n) is 8.81. The van der Waals surface area contributed by atoms with E-state index in [0.29, 0.717) is 20.5 Å². The van der Waals surface area contributed by atoms with E-state index in [9.17, 15) is 14.4 Å². The number of thiophene rings is 1.